The summed E-state index contributed by atoms with van der Waals surface area (Å²) < 4.78 is 0. The van der Waals surface area contributed by atoms with Gasteiger partial charge in [0.05, 0.1) is 6.54 Å². The Morgan fingerprint density at radius 1 is 0.929 bits per heavy atom. The van der Waals surface area contributed by atoms with Crippen molar-refractivity contribution in [3.63, 3.8) is 0 Å². The first-order chi connectivity index (χ1) is 13.4. The second-order valence-electron chi connectivity index (χ2n) is 7.81. The van der Waals surface area contributed by atoms with Gasteiger partial charge in [-0.3, -0.25) is 9.79 Å². The Kier molecular flexibility index (Phi) is 8.05. The first-order valence-corrected chi connectivity index (χ1v) is 9.74. The predicted octanol–water partition coefficient (Wildman–Crippen LogP) is 3.29. The molecule has 0 heterocycles. The minimum Gasteiger partial charge on any atom is -0.356 e. The quantitative estimate of drug-likeness (QED) is 0.510. The number of nitrogens with zero attached hydrogens (tertiary/aromatic N) is 1. The van der Waals surface area contributed by atoms with Crippen molar-refractivity contribution >= 4 is 11.9 Å². The van der Waals surface area contributed by atoms with Crippen LogP contribution in [0, 0.1) is 0 Å². The third-order valence-corrected chi connectivity index (χ3v) is 4.28. The molecule has 28 heavy (non-hydrogen) atoms. The number of nitrogens with one attached hydrogen (secondary N) is 3. The van der Waals surface area contributed by atoms with E-state index in [0.29, 0.717) is 11.9 Å². The third-order valence-electron chi connectivity index (χ3n) is 4.28. The summed E-state index contributed by atoms with van der Waals surface area (Å²) in [5.41, 5.74) is 2.35. The summed E-state index contributed by atoms with van der Waals surface area (Å²) in [7, 11) is 1.71. The van der Waals surface area contributed by atoms with Crippen LogP contribution in [0.1, 0.15) is 44.2 Å². The van der Waals surface area contributed by atoms with Crippen molar-refractivity contribution < 1.29 is 4.79 Å². The van der Waals surface area contributed by atoms with Crippen molar-refractivity contribution in [3.8, 4) is 0 Å². The first-order valence-electron chi connectivity index (χ1n) is 9.74. The van der Waals surface area contributed by atoms with Gasteiger partial charge < -0.3 is 16.0 Å². The minimum absolute atomic E-state index is 0.0538. The summed E-state index contributed by atoms with van der Waals surface area (Å²) in [6, 6.07) is 21.1. The molecule has 0 fully saturated rings. The summed E-state index contributed by atoms with van der Waals surface area (Å²) in [6.45, 7) is 6.83. The van der Waals surface area contributed by atoms with E-state index in [-0.39, 0.29) is 18.0 Å². The number of hydrogen-bond donors (Lipinski definition) is 3. The molecule has 5 nitrogen and oxygen atoms in total. The van der Waals surface area contributed by atoms with Crippen LogP contribution in [-0.2, 0) is 4.79 Å². The zero-order valence-corrected chi connectivity index (χ0v) is 17.3. The molecule has 0 radical (unpaired) electrons. The van der Waals surface area contributed by atoms with Crippen LogP contribution in [0.4, 0.5) is 0 Å². The molecule has 1 amide bonds. The van der Waals surface area contributed by atoms with Crippen LogP contribution in [0.3, 0.4) is 0 Å². The van der Waals surface area contributed by atoms with E-state index in [1.165, 1.54) is 11.1 Å². The Balaban J connectivity index is 1.91. The molecule has 0 atom stereocenters. The number of carbonyl (C=O) groups excluding carboxylic acids is 1. The van der Waals surface area contributed by atoms with Crippen LogP contribution in [0.2, 0.25) is 0 Å². The molecule has 2 aromatic carbocycles. The molecule has 2 rings (SSSR count). The van der Waals surface area contributed by atoms with E-state index in [9.17, 15) is 4.79 Å². The maximum absolute atomic E-state index is 12.0. The fraction of sp³-hybridized carbons (Fsp3) is 0.391. The average molecular weight is 381 g/mol. The lowest BCUT2D eigenvalue weighted by Gasteiger charge is -2.21. The molecule has 0 aliphatic carbocycles. The predicted molar refractivity (Wildman–Crippen MR) is 117 cm³/mol. The molecule has 5 heteroatoms. The highest BCUT2D eigenvalue weighted by atomic mass is 16.2. The van der Waals surface area contributed by atoms with Gasteiger partial charge in [-0.05, 0) is 38.3 Å². The van der Waals surface area contributed by atoms with Crippen molar-refractivity contribution in [2.75, 3.05) is 20.1 Å². The Labute approximate surface area is 168 Å². The number of carbonyl (C=O) groups is 1. The minimum atomic E-state index is -0.242. The van der Waals surface area contributed by atoms with Crippen molar-refractivity contribution in [1.29, 1.82) is 0 Å². The van der Waals surface area contributed by atoms with E-state index < -0.39 is 0 Å². The van der Waals surface area contributed by atoms with Gasteiger partial charge in [0.1, 0.15) is 0 Å². The Morgan fingerprint density at radius 2 is 1.46 bits per heavy atom. The smallest absolute Gasteiger partial charge is 0.239 e. The van der Waals surface area contributed by atoms with E-state index in [1.807, 2.05) is 32.9 Å². The van der Waals surface area contributed by atoms with Gasteiger partial charge in [-0.1, -0.05) is 60.7 Å². The molecule has 0 spiro atoms. The van der Waals surface area contributed by atoms with Crippen molar-refractivity contribution in [3.05, 3.63) is 71.8 Å². The zero-order chi connectivity index (χ0) is 20.4. The topological polar surface area (TPSA) is 65.5 Å². The Morgan fingerprint density at radius 3 is 1.93 bits per heavy atom. The van der Waals surface area contributed by atoms with E-state index in [4.69, 9.17) is 0 Å². The van der Waals surface area contributed by atoms with Gasteiger partial charge in [-0.15, -0.1) is 0 Å². The summed E-state index contributed by atoms with van der Waals surface area (Å²) in [6.07, 6.45) is 0.920. The van der Waals surface area contributed by atoms with Gasteiger partial charge in [-0.25, -0.2) is 0 Å². The number of rotatable bonds is 7. The molecule has 0 bridgehead atoms. The average Bonchev–Trinajstić information content (AvgIpc) is 2.67. The van der Waals surface area contributed by atoms with E-state index in [0.717, 1.165) is 13.0 Å². The van der Waals surface area contributed by atoms with E-state index in [1.54, 1.807) is 7.05 Å². The second-order valence-corrected chi connectivity index (χ2v) is 7.81. The van der Waals surface area contributed by atoms with E-state index >= 15 is 0 Å². The van der Waals surface area contributed by atoms with Crippen LogP contribution in [-0.4, -0.2) is 37.5 Å². The number of guanidine groups is 1. The van der Waals surface area contributed by atoms with Crippen LogP contribution in [0.5, 0.6) is 0 Å². The Hall–Kier alpha value is -2.82. The van der Waals surface area contributed by atoms with Crippen molar-refractivity contribution in [1.82, 2.24) is 16.0 Å². The first kappa shape index (κ1) is 21.5. The summed E-state index contributed by atoms with van der Waals surface area (Å²) in [4.78, 5) is 16.2. The van der Waals surface area contributed by atoms with Crippen LogP contribution in [0.15, 0.2) is 65.7 Å². The maximum Gasteiger partial charge on any atom is 0.239 e. The molecule has 0 aliphatic rings. The SMILES string of the molecule is CN=C(NCCC(c1ccccc1)c1ccccc1)NCC(=O)NC(C)(C)C. The van der Waals surface area contributed by atoms with Crippen LogP contribution >= 0.6 is 0 Å². The summed E-state index contributed by atoms with van der Waals surface area (Å²) in [5.74, 6) is 0.878. The van der Waals surface area contributed by atoms with Gasteiger partial charge in [-0.2, -0.15) is 0 Å². The van der Waals surface area contributed by atoms with Crippen LogP contribution in [0.25, 0.3) is 0 Å². The molecular formula is C23H32N4O. The second kappa shape index (κ2) is 10.5. The van der Waals surface area contributed by atoms with Gasteiger partial charge >= 0.3 is 0 Å². The highest BCUT2D eigenvalue weighted by Crippen LogP contribution is 2.27. The maximum atomic E-state index is 12.0. The van der Waals surface area contributed by atoms with Crippen LogP contribution < -0.4 is 16.0 Å². The summed E-state index contributed by atoms with van der Waals surface area (Å²) in [5, 5.41) is 9.32. The fourth-order valence-electron chi connectivity index (χ4n) is 3.08. The largest absolute Gasteiger partial charge is 0.356 e. The molecule has 0 unspecified atom stereocenters. The van der Waals surface area contributed by atoms with Gasteiger partial charge in [0.15, 0.2) is 5.96 Å². The molecule has 0 saturated heterocycles. The number of hydrogen-bond acceptors (Lipinski definition) is 2. The van der Waals surface area contributed by atoms with Gasteiger partial charge in [0.25, 0.3) is 0 Å². The highest BCUT2D eigenvalue weighted by molar-refractivity contribution is 5.86. The third kappa shape index (κ3) is 7.43. The molecular weight excluding hydrogens is 348 g/mol. The normalized spacial score (nSPS) is 12.0. The summed E-state index contributed by atoms with van der Waals surface area (Å²) >= 11 is 0. The lowest BCUT2D eigenvalue weighted by Crippen LogP contribution is -2.48. The number of aliphatic imine (C=N–C) groups is 1. The van der Waals surface area contributed by atoms with Gasteiger partial charge in [0, 0.05) is 25.0 Å². The molecule has 3 N–H and O–H groups in total. The monoisotopic (exact) mass is 380 g/mol. The lowest BCUT2D eigenvalue weighted by molar-refractivity contribution is -0.121. The number of benzene rings is 2. The highest BCUT2D eigenvalue weighted by Gasteiger charge is 2.15. The molecule has 0 aromatic heterocycles. The fourth-order valence-corrected chi connectivity index (χ4v) is 3.08. The molecule has 0 aliphatic heterocycles. The lowest BCUT2D eigenvalue weighted by atomic mass is 9.88. The molecule has 0 saturated carbocycles. The van der Waals surface area contributed by atoms with Crippen molar-refractivity contribution in [2.24, 2.45) is 4.99 Å². The van der Waals surface area contributed by atoms with Gasteiger partial charge in [0.2, 0.25) is 5.91 Å². The molecule has 2 aromatic rings. The zero-order valence-electron chi connectivity index (χ0n) is 17.3. The van der Waals surface area contributed by atoms with Crippen molar-refractivity contribution in [2.45, 2.75) is 38.6 Å². The standard InChI is InChI=1S/C23H32N4O/c1-23(2,3)27-21(28)17-26-22(24-4)25-16-15-20(18-11-7-5-8-12-18)19-13-9-6-10-14-19/h5-14,20H,15-17H2,1-4H3,(H,27,28)(H2,24,25,26). The molecule has 150 valence electrons. The number of amides is 1. The van der Waals surface area contributed by atoms with E-state index in [2.05, 4.69) is 69.5 Å². The Bertz CT molecular complexity index is 712.